The number of alkyl halides is 3. The molecule has 4 rings (SSSR count). The van der Waals surface area contributed by atoms with Crippen LogP contribution in [-0.2, 0) is 12.7 Å². The topological polar surface area (TPSA) is 46.3 Å². The van der Waals surface area contributed by atoms with E-state index in [2.05, 4.69) is 15.1 Å². The number of nitrogens with zero attached hydrogens (tertiary/aromatic N) is 5. The number of hydrogen-bond donors (Lipinski definition) is 0. The summed E-state index contributed by atoms with van der Waals surface area (Å²) in [4.78, 5) is 9.98. The van der Waals surface area contributed by atoms with Crippen molar-refractivity contribution in [1.82, 2.24) is 24.5 Å². The highest BCUT2D eigenvalue weighted by molar-refractivity contribution is 5.33. The lowest BCUT2D eigenvalue weighted by Crippen LogP contribution is -2.34. The third-order valence-corrected chi connectivity index (χ3v) is 4.89. The number of rotatable bonds is 3. The fraction of sp³-hybridized carbons (Fsp3) is 0.389. The van der Waals surface area contributed by atoms with Gasteiger partial charge in [-0.15, -0.1) is 0 Å². The van der Waals surface area contributed by atoms with Crippen molar-refractivity contribution < 1.29 is 22.0 Å². The summed E-state index contributed by atoms with van der Waals surface area (Å²) in [6, 6.07) is 4.41. The van der Waals surface area contributed by atoms with Crippen LogP contribution >= 0.6 is 0 Å². The highest BCUT2D eigenvalue weighted by Crippen LogP contribution is 2.33. The fourth-order valence-electron chi connectivity index (χ4n) is 3.57. The van der Waals surface area contributed by atoms with Gasteiger partial charge in [0.05, 0.1) is 5.69 Å². The van der Waals surface area contributed by atoms with E-state index in [9.17, 15) is 22.0 Å². The third kappa shape index (κ3) is 3.68. The van der Waals surface area contributed by atoms with E-state index in [1.165, 1.54) is 12.1 Å². The molecule has 0 aliphatic carbocycles. The monoisotopic (exact) mass is 397 g/mol. The largest absolute Gasteiger partial charge is 0.433 e. The Labute approximate surface area is 156 Å². The predicted molar refractivity (Wildman–Crippen MR) is 89.4 cm³/mol. The van der Waals surface area contributed by atoms with Gasteiger partial charge >= 0.3 is 6.18 Å². The van der Waals surface area contributed by atoms with Gasteiger partial charge in [-0.3, -0.25) is 4.90 Å². The number of hydrogen-bond acceptors (Lipinski definition) is 4. The molecule has 1 unspecified atom stereocenters. The molecule has 1 aliphatic heterocycles. The molecule has 148 valence electrons. The molecular weight excluding hydrogens is 381 g/mol. The molecule has 1 fully saturated rings. The van der Waals surface area contributed by atoms with Crippen molar-refractivity contribution in [2.75, 3.05) is 13.1 Å². The zero-order chi connectivity index (χ0) is 19.9. The highest BCUT2D eigenvalue weighted by Gasteiger charge is 2.36. The Morgan fingerprint density at radius 3 is 2.71 bits per heavy atom. The Hall–Kier alpha value is -2.62. The van der Waals surface area contributed by atoms with Crippen LogP contribution in [0.15, 0.2) is 30.6 Å². The summed E-state index contributed by atoms with van der Waals surface area (Å²) in [5.74, 6) is -1.64. The number of fused-ring (bicyclic) bond motifs is 1. The van der Waals surface area contributed by atoms with Gasteiger partial charge in [-0.2, -0.15) is 27.8 Å². The van der Waals surface area contributed by atoms with E-state index in [0.717, 1.165) is 24.9 Å². The zero-order valence-electron chi connectivity index (χ0n) is 14.6. The molecule has 10 heteroatoms. The SMILES string of the molecule is Fc1ccc(CN2CCCC(c3cc(C(F)(F)F)n4ncnc4n3)C2)c(F)c1. The molecular formula is C18H16F5N5. The van der Waals surface area contributed by atoms with Crippen LogP contribution in [0.1, 0.15) is 35.7 Å². The molecule has 0 amide bonds. The lowest BCUT2D eigenvalue weighted by Gasteiger charge is -2.32. The molecule has 0 saturated carbocycles. The summed E-state index contributed by atoms with van der Waals surface area (Å²) in [7, 11) is 0. The van der Waals surface area contributed by atoms with Crippen molar-refractivity contribution in [2.45, 2.75) is 31.5 Å². The fourth-order valence-corrected chi connectivity index (χ4v) is 3.57. The second kappa shape index (κ2) is 7.08. The molecule has 5 nitrogen and oxygen atoms in total. The van der Waals surface area contributed by atoms with E-state index in [1.807, 2.05) is 4.90 Å². The number of likely N-dealkylation sites (tertiary alicyclic amines) is 1. The van der Waals surface area contributed by atoms with Gasteiger partial charge < -0.3 is 0 Å². The van der Waals surface area contributed by atoms with Gasteiger partial charge in [0.1, 0.15) is 18.0 Å². The summed E-state index contributed by atoms with van der Waals surface area (Å²) in [5.41, 5.74) is -0.289. The predicted octanol–water partition coefficient (Wildman–Crippen LogP) is 3.80. The summed E-state index contributed by atoms with van der Waals surface area (Å²) >= 11 is 0. The molecule has 3 aromatic rings. The quantitative estimate of drug-likeness (QED) is 0.631. The van der Waals surface area contributed by atoms with Gasteiger partial charge in [-0.05, 0) is 31.5 Å². The summed E-state index contributed by atoms with van der Waals surface area (Å²) in [6.07, 6.45) is -2.16. The zero-order valence-corrected chi connectivity index (χ0v) is 14.6. The van der Waals surface area contributed by atoms with Gasteiger partial charge in [0, 0.05) is 30.6 Å². The van der Waals surface area contributed by atoms with Gasteiger partial charge in [0.2, 0.25) is 0 Å². The van der Waals surface area contributed by atoms with Crippen LogP contribution in [0.4, 0.5) is 22.0 Å². The average Bonchev–Trinajstić information content (AvgIpc) is 3.11. The Balaban J connectivity index is 1.59. The number of aromatic nitrogens is 4. The van der Waals surface area contributed by atoms with Gasteiger partial charge in [0.25, 0.3) is 5.78 Å². The first-order valence-electron chi connectivity index (χ1n) is 8.75. The summed E-state index contributed by atoms with van der Waals surface area (Å²) < 4.78 is 67.8. The molecule has 0 spiro atoms. The molecule has 0 N–H and O–H groups in total. The lowest BCUT2D eigenvalue weighted by molar-refractivity contribution is -0.142. The molecule has 1 aromatic carbocycles. The number of piperidine rings is 1. The van der Waals surface area contributed by atoms with Crippen LogP contribution in [-0.4, -0.2) is 37.6 Å². The van der Waals surface area contributed by atoms with Crippen molar-refractivity contribution in [1.29, 1.82) is 0 Å². The average molecular weight is 397 g/mol. The van der Waals surface area contributed by atoms with Crippen LogP contribution in [0.5, 0.6) is 0 Å². The minimum Gasteiger partial charge on any atom is -0.298 e. The minimum atomic E-state index is -4.59. The van der Waals surface area contributed by atoms with Crippen LogP contribution in [0.2, 0.25) is 0 Å². The smallest absolute Gasteiger partial charge is 0.298 e. The standard InChI is InChI=1S/C18H16F5N5/c19-13-4-3-11(14(20)6-13)8-27-5-1-2-12(9-27)15-7-16(18(21,22)23)28-17(26-15)24-10-25-28/h3-4,6-7,10,12H,1-2,5,8-9H2. The minimum absolute atomic E-state index is 0.105. The Kier molecular flexibility index (Phi) is 4.74. The van der Waals surface area contributed by atoms with Gasteiger partial charge in [-0.25, -0.2) is 13.8 Å². The lowest BCUT2D eigenvalue weighted by atomic mass is 9.93. The van der Waals surface area contributed by atoms with E-state index in [0.29, 0.717) is 29.6 Å². The maximum absolute atomic E-state index is 13.9. The Bertz CT molecular complexity index is 1000. The highest BCUT2D eigenvalue weighted by atomic mass is 19.4. The van der Waals surface area contributed by atoms with E-state index in [-0.39, 0.29) is 23.9 Å². The molecule has 3 heterocycles. The normalized spacial score (nSPS) is 18.7. The number of halogens is 5. The molecule has 1 saturated heterocycles. The first kappa shape index (κ1) is 18.7. The van der Waals surface area contributed by atoms with Crippen LogP contribution in [0, 0.1) is 11.6 Å². The van der Waals surface area contributed by atoms with E-state index in [1.54, 1.807) is 0 Å². The van der Waals surface area contributed by atoms with E-state index in [4.69, 9.17) is 0 Å². The van der Waals surface area contributed by atoms with Crippen molar-refractivity contribution in [3.8, 4) is 0 Å². The molecule has 2 aromatic heterocycles. The first-order valence-corrected chi connectivity index (χ1v) is 8.75. The maximum atomic E-state index is 13.9. The third-order valence-electron chi connectivity index (χ3n) is 4.89. The second-order valence-electron chi connectivity index (χ2n) is 6.85. The summed E-state index contributed by atoms with van der Waals surface area (Å²) in [5, 5.41) is 3.60. The van der Waals surface area contributed by atoms with Crippen molar-refractivity contribution in [3.05, 3.63) is 59.2 Å². The van der Waals surface area contributed by atoms with Crippen LogP contribution in [0.3, 0.4) is 0 Å². The molecule has 1 aliphatic rings. The molecule has 0 bridgehead atoms. The Morgan fingerprint density at radius 2 is 1.96 bits per heavy atom. The van der Waals surface area contributed by atoms with Crippen LogP contribution < -0.4 is 0 Å². The second-order valence-corrected chi connectivity index (χ2v) is 6.85. The van der Waals surface area contributed by atoms with E-state index < -0.39 is 23.5 Å². The van der Waals surface area contributed by atoms with Crippen molar-refractivity contribution in [3.63, 3.8) is 0 Å². The van der Waals surface area contributed by atoms with E-state index >= 15 is 0 Å². The first-order chi connectivity index (χ1) is 13.3. The number of benzene rings is 1. The van der Waals surface area contributed by atoms with Gasteiger partial charge in [0.15, 0.2) is 5.69 Å². The van der Waals surface area contributed by atoms with Gasteiger partial charge in [-0.1, -0.05) is 6.07 Å². The van der Waals surface area contributed by atoms with Crippen molar-refractivity contribution in [2.24, 2.45) is 0 Å². The Morgan fingerprint density at radius 1 is 1.14 bits per heavy atom. The molecule has 0 radical (unpaired) electrons. The molecule has 1 atom stereocenters. The molecule has 28 heavy (non-hydrogen) atoms. The van der Waals surface area contributed by atoms with Crippen molar-refractivity contribution >= 4 is 5.78 Å². The maximum Gasteiger partial charge on any atom is 0.433 e. The summed E-state index contributed by atoms with van der Waals surface area (Å²) in [6.45, 7) is 1.35. The van der Waals surface area contributed by atoms with Crippen LogP contribution in [0.25, 0.3) is 5.78 Å².